The highest BCUT2D eigenvalue weighted by atomic mass is 32.2. The molecular formula is C19H21F3N2O3S. The van der Waals surface area contributed by atoms with Crippen molar-refractivity contribution in [1.29, 1.82) is 0 Å². The van der Waals surface area contributed by atoms with Crippen LogP contribution in [0, 0.1) is 0 Å². The van der Waals surface area contributed by atoms with E-state index in [9.17, 15) is 26.4 Å². The molecule has 0 aliphatic rings. The minimum atomic E-state index is -4.55. The number of aryl methyl sites for hydroxylation is 1. The zero-order chi connectivity index (χ0) is 21.1. The average Bonchev–Trinajstić information content (AvgIpc) is 2.60. The van der Waals surface area contributed by atoms with Gasteiger partial charge in [0.15, 0.2) is 0 Å². The first-order valence-corrected chi connectivity index (χ1v) is 10.3. The number of alkyl halides is 3. The van der Waals surface area contributed by atoms with Crippen LogP contribution in [0.15, 0.2) is 48.5 Å². The number of sulfonamides is 1. The van der Waals surface area contributed by atoms with Crippen molar-refractivity contribution in [3.63, 3.8) is 0 Å². The number of hydrogen-bond donors (Lipinski definition) is 1. The predicted molar refractivity (Wildman–Crippen MR) is 103 cm³/mol. The molecule has 0 bridgehead atoms. The number of hydrogen-bond acceptors (Lipinski definition) is 3. The van der Waals surface area contributed by atoms with Gasteiger partial charge in [0.1, 0.15) is 6.04 Å². The van der Waals surface area contributed by atoms with Crippen LogP contribution in [0.5, 0.6) is 0 Å². The summed E-state index contributed by atoms with van der Waals surface area (Å²) in [6.45, 7) is 3.33. The number of benzene rings is 2. The standard InChI is InChI=1S/C19H21F3N2O3S/c1-4-14-8-10-17(11-9-14)24(28(3,26)27)13(2)18(25)23-16-7-5-6-15(12-16)19(20,21)22/h5-13H,4H2,1-3H3,(H,23,25). The molecule has 5 nitrogen and oxygen atoms in total. The number of anilines is 2. The largest absolute Gasteiger partial charge is 0.416 e. The highest BCUT2D eigenvalue weighted by Crippen LogP contribution is 2.31. The minimum Gasteiger partial charge on any atom is -0.324 e. The maximum atomic E-state index is 12.8. The third kappa shape index (κ3) is 5.25. The molecule has 0 aromatic heterocycles. The fraction of sp³-hybridized carbons (Fsp3) is 0.316. The van der Waals surface area contributed by atoms with Crippen molar-refractivity contribution in [2.45, 2.75) is 32.5 Å². The van der Waals surface area contributed by atoms with Crippen molar-refractivity contribution in [2.24, 2.45) is 0 Å². The summed E-state index contributed by atoms with van der Waals surface area (Å²) in [5.74, 6) is -0.746. The van der Waals surface area contributed by atoms with Crippen LogP contribution < -0.4 is 9.62 Å². The van der Waals surface area contributed by atoms with Crippen LogP contribution in [-0.4, -0.2) is 26.6 Å². The van der Waals surface area contributed by atoms with E-state index in [2.05, 4.69) is 5.32 Å². The molecular weight excluding hydrogens is 393 g/mol. The van der Waals surface area contributed by atoms with Crippen LogP contribution in [-0.2, 0) is 27.4 Å². The maximum Gasteiger partial charge on any atom is 0.416 e. The Morgan fingerprint density at radius 2 is 1.75 bits per heavy atom. The lowest BCUT2D eigenvalue weighted by molar-refractivity contribution is -0.137. The lowest BCUT2D eigenvalue weighted by Crippen LogP contribution is -2.45. The van der Waals surface area contributed by atoms with Gasteiger partial charge in [-0.3, -0.25) is 9.10 Å². The summed E-state index contributed by atoms with van der Waals surface area (Å²) in [6, 6.07) is 9.68. The van der Waals surface area contributed by atoms with Crippen LogP contribution in [0.2, 0.25) is 0 Å². The molecule has 0 fully saturated rings. The number of amides is 1. The molecule has 1 unspecified atom stereocenters. The Labute approximate surface area is 162 Å². The third-order valence-electron chi connectivity index (χ3n) is 4.15. The molecule has 1 N–H and O–H groups in total. The van der Waals surface area contributed by atoms with Gasteiger partial charge in [0.2, 0.25) is 15.9 Å². The van der Waals surface area contributed by atoms with Crippen LogP contribution in [0.25, 0.3) is 0 Å². The van der Waals surface area contributed by atoms with E-state index in [1.807, 2.05) is 6.92 Å². The summed E-state index contributed by atoms with van der Waals surface area (Å²) >= 11 is 0. The normalized spacial score (nSPS) is 13.1. The molecule has 0 radical (unpaired) electrons. The predicted octanol–water partition coefficient (Wildman–Crippen LogP) is 4.06. The van der Waals surface area contributed by atoms with Gasteiger partial charge in [-0.15, -0.1) is 0 Å². The fourth-order valence-electron chi connectivity index (χ4n) is 2.71. The van der Waals surface area contributed by atoms with E-state index in [-0.39, 0.29) is 5.69 Å². The summed E-state index contributed by atoms with van der Waals surface area (Å²) < 4.78 is 64.0. The van der Waals surface area contributed by atoms with Gasteiger partial charge in [0, 0.05) is 5.69 Å². The van der Waals surface area contributed by atoms with E-state index < -0.39 is 33.7 Å². The van der Waals surface area contributed by atoms with E-state index in [1.165, 1.54) is 19.1 Å². The van der Waals surface area contributed by atoms with Crippen LogP contribution in [0.4, 0.5) is 24.5 Å². The molecule has 0 saturated heterocycles. The smallest absolute Gasteiger partial charge is 0.324 e. The molecule has 0 spiro atoms. The molecule has 9 heteroatoms. The molecule has 2 aromatic rings. The van der Waals surface area contributed by atoms with Gasteiger partial charge in [-0.1, -0.05) is 25.1 Å². The lowest BCUT2D eigenvalue weighted by Gasteiger charge is -2.28. The number of carbonyl (C=O) groups is 1. The zero-order valence-corrected chi connectivity index (χ0v) is 16.4. The van der Waals surface area contributed by atoms with E-state index >= 15 is 0 Å². The molecule has 0 heterocycles. The van der Waals surface area contributed by atoms with Gasteiger partial charge in [0.25, 0.3) is 0 Å². The molecule has 1 amide bonds. The molecule has 0 aliphatic heterocycles. The van der Waals surface area contributed by atoms with Crippen LogP contribution >= 0.6 is 0 Å². The van der Waals surface area contributed by atoms with Gasteiger partial charge in [-0.2, -0.15) is 13.2 Å². The Morgan fingerprint density at radius 3 is 2.25 bits per heavy atom. The van der Waals surface area contributed by atoms with Gasteiger partial charge < -0.3 is 5.32 Å². The van der Waals surface area contributed by atoms with Crippen LogP contribution in [0.1, 0.15) is 25.0 Å². The van der Waals surface area contributed by atoms with Crippen molar-refractivity contribution in [3.8, 4) is 0 Å². The van der Waals surface area contributed by atoms with E-state index in [1.54, 1.807) is 24.3 Å². The third-order valence-corrected chi connectivity index (χ3v) is 5.39. The molecule has 0 aliphatic carbocycles. The van der Waals surface area contributed by atoms with E-state index in [4.69, 9.17) is 0 Å². The summed E-state index contributed by atoms with van der Waals surface area (Å²) in [7, 11) is -3.81. The Hall–Kier alpha value is -2.55. The van der Waals surface area contributed by atoms with Gasteiger partial charge in [-0.05, 0) is 49.2 Å². The Kier molecular flexibility index (Phi) is 6.38. The first-order chi connectivity index (χ1) is 12.9. The van der Waals surface area contributed by atoms with Gasteiger partial charge in [0.05, 0.1) is 17.5 Å². The summed E-state index contributed by atoms with van der Waals surface area (Å²) in [5.41, 5.74) is 0.319. The number of rotatable bonds is 6. The van der Waals surface area contributed by atoms with Crippen LogP contribution in [0.3, 0.4) is 0 Å². The highest BCUT2D eigenvalue weighted by Gasteiger charge is 2.32. The number of nitrogens with one attached hydrogen (secondary N) is 1. The second-order valence-electron chi connectivity index (χ2n) is 6.32. The van der Waals surface area contributed by atoms with Crippen molar-refractivity contribution in [1.82, 2.24) is 0 Å². The first kappa shape index (κ1) is 21.7. The highest BCUT2D eigenvalue weighted by molar-refractivity contribution is 7.92. The molecule has 2 aromatic carbocycles. The monoisotopic (exact) mass is 414 g/mol. The lowest BCUT2D eigenvalue weighted by atomic mass is 10.1. The van der Waals surface area contributed by atoms with Crippen molar-refractivity contribution in [3.05, 3.63) is 59.7 Å². The van der Waals surface area contributed by atoms with Crippen molar-refractivity contribution in [2.75, 3.05) is 15.9 Å². The Bertz CT molecular complexity index is 942. The molecule has 2 rings (SSSR count). The summed E-state index contributed by atoms with van der Waals surface area (Å²) in [5, 5.41) is 2.35. The molecule has 28 heavy (non-hydrogen) atoms. The first-order valence-electron chi connectivity index (χ1n) is 8.50. The Balaban J connectivity index is 2.29. The van der Waals surface area contributed by atoms with E-state index in [0.29, 0.717) is 5.69 Å². The summed E-state index contributed by atoms with van der Waals surface area (Å²) in [6.07, 6.45) is -2.81. The van der Waals surface area contributed by atoms with E-state index in [0.717, 1.165) is 34.7 Å². The topological polar surface area (TPSA) is 66.5 Å². The number of carbonyl (C=O) groups excluding carboxylic acids is 1. The quantitative estimate of drug-likeness (QED) is 0.775. The van der Waals surface area contributed by atoms with Crippen molar-refractivity contribution < 1.29 is 26.4 Å². The zero-order valence-electron chi connectivity index (χ0n) is 15.6. The van der Waals surface area contributed by atoms with Gasteiger partial charge in [-0.25, -0.2) is 8.42 Å². The second-order valence-corrected chi connectivity index (χ2v) is 8.18. The number of nitrogens with zero attached hydrogens (tertiary/aromatic N) is 1. The number of halogens is 3. The molecule has 0 saturated carbocycles. The van der Waals surface area contributed by atoms with Gasteiger partial charge >= 0.3 is 6.18 Å². The summed E-state index contributed by atoms with van der Waals surface area (Å²) in [4.78, 5) is 12.6. The second kappa shape index (κ2) is 8.22. The molecule has 1 atom stereocenters. The van der Waals surface area contributed by atoms with Crippen molar-refractivity contribution >= 4 is 27.3 Å². The Morgan fingerprint density at radius 1 is 1.14 bits per heavy atom. The minimum absolute atomic E-state index is 0.0681. The fourth-order valence-corrected chi connectivity index (χ4v) is 3.88. The maximum absolute atomic E-state index is 12.8. The average molecular weight is 414 g/mol. The molecule has 152 valence electrons. The SMILES string of the molecule is CCc1ccc(N(C(C)C(=O)Nc2cccc(C(F)(F)F)c2)S(C)(=O)=O)cc1.